The van der Waals surface area contributed by atoms with E-state index in [1.165, 1.54) is 22.5 Å². The van der Waals surface area contributed by atoms with Crippen molar-refractivity contribution in [1.82, 2.24) is 9.29 Å². The lowest BCUT2D eigenvalue weighted by molar-refractivity contribution is 0.381. The second kappa shape index (κ2) is 6.96. The molecule has 1 fully saturated rings. The lowest BCUT2D eigenvalue weighted by Gasteiger charge is -2.34. The summed E-state index contributed by atoms with van der Waals surface area (Å²) in [5, 5.41) is 8.73. The van der Waals surface area contributed by atoms with E-state index in [-0.39, 0.29) is 18.1 Å². The summed E-state index contributed by atoms with van der Waals surface area (Å²) in [6, 6.07) is 9.23. The van der Waals surface area contributed by atoms with Crippen molar-refractivity contribution in [2.24, 2.45) is 0 Å². The molecule has 0 saturated carbocycles. The molecule has 0 radical (unpaired) electrons. The number of aromatic nitrogens is 1. The molecule has 6 nitrogen and oxygen atoms in total. The van der Waals surface area contributed by atoms with Crippen molar-refractivity contribution in [3.63, 3.8) is 0 Å². The smallest absolute Gasteiger partial charge is 0.246 e. The maximum absolute atomic E-state index is 14.1. The van der Waals surface area contributed by atoms with Gasteiger partial charge < -0.3 is 4.90 Å². The topological polar surface area (TPSA) is 77.3 Å². The molecule has 25 heavy (non-hydrogen) atoms. The molecule has 9 heteroatoms. The highest BCUT2D eigenvalue weighted by atomic mass is 35.5. The molecule has 1 aromatic heterocycles. The molecule has 3 rings (SSSR count). The van der Waals surface area contributed by atoms with Gasteiger partial charge in [-0.3, -0.25) is 0 Å². The first-order chi connectivity index (χ1) is 11.9. The van der Waals surface area contributed by atoms with Gasteiger partial charge in [-0.25, -0.2) is 17.8 Å². The minimum Gasteiger partial charge on any atom is -0.354 e. The third-order valence-corrected chi connectivity index (χ3v) is 6.18. The highest BCUT2D eigenvalue weighted by Gasteiger charge is 2.31. The predicted molar refractivity (Wildman–Crippen MR) is 91.3 cm³/mol. The molecule has 1 aromatic carbocycles. The maximum atomic E-state index is 14.1. The van der Waals surface area contributed by atoms with Crippen LogP contribution in [0.5, 0.6) is 0 Å². The van der Waals surface area contributed by atoms with Crippen molar-refractivity contribution < 1.29 is 12.8 Å². The minimum atomic E-state index is -3.96. The number of anilines is 1. The van der Waals surface area contributed by atoms with Crippen molar-refractivity contribution in [1.29, 1.82) is 5.26 Å². The van der Waals surface area contributed by atoms with Crippen molar-refractivity contribution in [3.8, 4) is 6.07 Å². The SMILES string of the molecule is N#Cc1ccnc(N2CCN(S(=O)(=O)c3cccc(Cl)c3F)CC2)c1. The largest absolute Gasteiger partial charge is 0.354 e. The number of rotatable bonds is 3. The number of nitriles is 1. The molecule has 0 unspecified atom stereocenters. The van der Waals surface area contributed by atoms with Gasteiger partial charge in [0.1, 0.15) is 10.7 Å². The Morgan fingerprint density at radius 1 is 1.20 bits per heavy atom. The quantitative estimate of drug-likeness (QED) is 0.816. The Bertz CT molecular complexity index is 937. The summed E-state index contributed by atoms with van der Waals surface area (Å²) < 4.78 is 40.6. The molecular weight excluding hydrogens is 367 g/mol. The van der Waals surface area contributed by atoms with E-state index >= 15 is 0 Å². The Labute approximate surface area is 150 Å². The maximum Gasteiger partial charge on any atom is 0.246 e. The molecule has 2 heterocycles. The van der Waals surface area contributed by atoms with E-state index in [1.54, 1.807) is 18.3 Å². The second-order valence-electron chi connectivity index (χ2n) is 5.46. The molecule has 0 spiro atoms. The van der Waals surface area contributed by atoms with Crippen molar-refractivity contribution in [2.75, 3.05) is 31.1 Å². The molecule has 1 aliphatic heterocycles. The fourth-order valence-corrected chi connectivity index (χ4v) is 4.38. The van der Waals surface area contributed by atoms with Crippen LogP contribution >= 0.6 is 11.6 Å². The summed E-state index contributed by atoms with van der Waals surface area (Å²) in [6.07, 6.45) is 1.54. The van der Waals surface area contributed by atoms with Gasteiger partial charge in [0.05, 0.1) is 16.7 Å². The first-order valence-electron chi connectivity index (χ1n) is 7.49. The molecule has 1 saturated heterocycles. The van der Waals surface area contributed by atoms with Crippen LogP contribution < -0.4 is 4.90 Å². The molecule has 0 atom stereocenters. The molecule has 2 aromatic rings. The van der Waals surface area contributed by atoms with Gasteiger partial charge >= 0.3 is 0 Å². The van der Waals surface area contributed by atoms with Crippen molar-refractivity contribution in [3.05, 3.63) is 52.9 Å². The van der Waals surface area contributed by atoms with Gasteiger partial charge in [0.25, 0.3) is 0 Å². The average molecular weight is 381 g/mol. The number of sulfonamides is 1. The zero-order valence-corrected chi connectivity index (χ0v) is 14.6. The van der Waals surface area contributed by atoms with Crippen LogP contribution in [0.2, 0.25) is 5.02 Å². The normalized spacial score (nSPS) is 15.8. The summed E-state index contributed by atoms with van der Waals surface area (Å²) >= 11 is 5.69. The highest BCUT2D eigenvalue weighted by molar-refractivity contribution is 7.89. The van der Waals surface area contributed by atoms with Crippen molar-refractivity contribution >= 4 is 27.4 Å². The number of pyridine rings is 1. The summed E-state index contributed by atoms with van der Waals surface area (Å²) in [7, 11) is -3.96. The molecule has 130 valence electrons. The summed E-state index contributed by atoms with van der Waals surface area (Å²) in [5.41, 5.74) is 0.487. The van der Waals surface area contributed by atoms with Gasteiger partial charge in [0.15, 0.2) is 5.82 Å². The van der Waals surface area contributed by atoms with Crippen molar-refractivity contribution in [2.45, 2.75) is 4.90 Å². The van der Waals surface area contributed by atoms with Gasteiger partial charge in [-0.1, -0.05) is 17.7 Å². The van der Waals surface area contributed by atoms with Crippen LogP contribution in [0.3, 0.4) is 0 Å². The van der Waals surface area contributed by atoms with Gasteiger partial charge in [-0.05, 0) is 24.3 Å². The molecule has 0 N–H and O–H groups in total. The summed E-state index contributed by atoms with van der Waals surface area (Å²) in [4.78, 5) is 5.68. The van der Waals surface area contributed by atoms with Gasteiger partial charge in [-0.2, -0.15) is 9.57 Å². The van der Waals surface area contributed by atoms with Crippen LogP contribution in [0.4, 0.5) is 10.2 Å². The van der Waals surface area contributed by atoms with E-state index in [0.717, 1.165) is 0 Å². The summed E-state index contributed by atoms with van der Waals surface area (Å²) in [6.45, 7) is 1.16. The molecule has 0 amide bonds. The number of hydrogen-bond donors (Lipinski definition) is 0. The lowest BCUT2D eigenvalue weighted by atomic mass is 10.2. The number of nitrogens with zero attached hydrogens (tertiary/aromatic N) is 4. The fraction of sp³-hybridized carbons (Fsp3) is 0.250. The van der Waals surface area contributed by atoms with E-state index in [1.807, 2.05) is 11.0 Å². The Balaban J connectivity index is 1.77. The number of benzene rings is 1. The first kappa shape index (κ1) is 17.6. The molecule has 0 aliphatic carbocycles. The van der Waals surface area contributed by atoms with E-state index in [0.29, 0.717) is 24.5 Å². The zero-order valence-electron chi connectivity index (χ0n) is 13.1. The third kappa shape index (κ3) is 3.44. The standard InChI is InChI=1S/C16H14ClFN4O2S/c17-13-2-1-3-14(16(13)18)25(23,24)22-8-6-21(7-9-22)15-10-12(11-19)4-5-20-15/h1-5,10H,6-9H2. The highest BCUT2D eigenvalue weighted by Crippen LogP contribution is 2.26. The number of halogens is 2. The monoisotopic (exact) mass is 380 g/mol. The molecule has 0 bridgehead atoms. The minimum absolute atomic E-state index is 0.187. The van der Waals surface area contributed by atoms with E-state index in [9.17, 15) is 12.8 Å². The van der Waals surface area contributed by atoms with Gasteiger partial charge in [-0.15, -0.1) is 0 Å². The first-order valence-corrected chi connectivity index (χ1v) is 9.30. The number of piperazine rings is 1. The van der Waals surface area contributed by atoms with Gasteiger partial charge in [0, 0.05) is 32.4 Å². The average Bonchev–Trinajstić information content (AvgIpc) is 2.64. The van der Waals surface area contributed by atoms with Crippen LogP contribution in [0.15, 0.2) is 41.4 Å². The number of hydrogen-bond acceptors (Lipinski definition) is 5. The Morgan fingerprint density at radius 2 is 1.92 bits per heavy atom. The van der Waals surface area contributed by atoms with Crippen LogP contribution in [0.1, 0.15) is 5.56 Å². The Morgan fingerprint density at radius 3 is 2.60 bits per heavy atom. The second-order valence-corrected chi connectivity index (χ2v) is 7.77. The van der Waals surface area contributed by atoms with E-state index in [4.69, 9.17) is 16.9 Å². The third-order valence-electron chi connectivity index (χ3n) is 3.97. The Hall–Kier alpha value is -2.21. The summed E-state index contributed by atoms with van der Waals surface area (Å²) in [5.74, 6) is -0.319. The molecular formula is C16H14ClFN4O2S. The van der Waals surface area contributed by atoms with Crippen LogP contribution in [0, 0.1) is 17.1 Å². The van der Waals surface area contributed by atoms with Crippen LogP contribution in [-0.2, 0) is 10.0 Å². The predicted octanol–water partition coefficient (Wildman–Crippen LogP) is 2.26. The van der Waals surface area contributed by atoms with E-state index in [2.05, 4.69) is 4.98 Å². The van der Waals surface area contributed by atoms with Crippen LogP contribution in [-0.4, -0.2) is 43.9 Å². The zero-order chi connectivity index (χ0) is 18.0. The lowest BCUT2D eigenvalue weighted by Crippen LogP contribution is -2.49. The molecule has 1 aliphatic rings. The van der Waals surface area contributed by atoms with Crippen LogP contribution in [0.25, 0.3) is 0 Å². The van der Waals surface area contributed by atoms with E-state index < -0.39 is 20.7 Å². The fourth-order valence-electron chi connectivity index (χ4n) is 2.64. The van der Waals surface area contributed by atoms with Gasteiger partial charge in [0.2, 0.25) is 10.0 Å². The Kier molecular flexibility index (Phi) is 4.90.